The number of imidazole rings is 1. The number of aromatic nitrogens is 4. The van der Waals surface area contributed by atoms with Crippen LogP contribution in [-0.2, 0) is 32.4 Å². The number of primary amides is 1. The second-order valence-electron chi connectivity index (χ2n) is 9.95. The van der Waals surface area contributed by atoms with E-state index >= 15 is 0 Å². The number of rotatable bonds is 10. The molecular weight excluding hydrogens is 638 g/mol. The van der Waals surface area contributed by atoms with Crippen molar-refractivity contribution >= 4 is 32.5 Å². The molecule has 0 saturated carbocycles. The molecule has 3 aliphatic rings. The second-order valence-corrected chi connectivity index (χ2v) is 13.0. The fourth-order valence-corrected chi connectivity index (χ4v) is 7.26. The smallest absolute Gasteiger partial charge is 0.360 e. The molecule has 3 aliphatic heterocycles. The number of carbonyl (C=O) groups is 1. The molecule has 11 atom stereocenters. The Morgan fingerprint density at radius 3 is 2.52 bits per heavy atom. The number of amides is 1. The lowest BCUT2D eigenvalue weighted by atomic mass is 10.1. The van der Waals surface area contributed by atoms with Crippen LogP contribution in [0.4, 0.5) is 0 Å². The molecule has 2 fully saturated rings. The summed E-state index contributed by atoms with van der Waals surface area (Å²) in [5.74, 6) is -3.43. The summed E-state index contributed by atoms with van der Waals surface area (Å²) in [5, 5.41) is 42.4. The lowest BCUT2D eigenvalue weighted by molar-refractivity contribution is -0.226. The number of phosphoric ester groups is 1. The molecule has 5 rings (SSSR count). The highest BCUT2D eigenvalue weighted by molar-refractivity contribution is 7.54. The van der Waals surface area contributed by atoms with Gasteiger partial charge in [-0.15, -0.1) is 0 Å². The number of aromatic amines is 1. The number of aliphatic hydroxyl groups excluding tert-OH is 4. The molecule has 242 valence electrons. The van der Waals surface area contributed by atoms with Crippen molar-refractivity contribution in [1.82, 2.24) is 24.4 Å². The first-order valence-electron chi connectivity index (χ1n) is 12.7. The molecule has 21 nitrogen and oxygen atoms in total. The maximum absolute atomic E-state index is 13.3. The summed E-state index contributed by atoms with van der Waals surface area (Å²) in [6, 6.07) is 0. The van der Waals surface area contributed by atoms with Crippen LogP contribution < -0.4 is 16.2 Å². The first-order valence-corrected chi connectivity index (χ1v) is 15.8. The van der Waals surface area contributed by atoms with Crippen LogP contribution in [0.25, 0.3) is 11.2 Å². The maximum Gasteiger partial charge on any atom is 0.360 e. The molecule has 9 N–H and O–H groups in total. The highest BCUT2D eigenvalue weighted by Crippen LogP contribution is 2.57. The number of phosphoric acid groups is 1. The van der Waals surface area contributed by atoms with Crippen molar-refractivity contribution < 1.29 is 67.6 Å². The van der Waals surface area contributed by atoms with Gasteiger partial charge in [0.25, 0.3) is 13.4 Å². The first kappa shape index (κ1) is 32.5. The highest BCUT2D eigenvalue weighted by atomic mass is 31.2. The normalized spacial score (nSPS) is 34.1. The van der Waals surface area contributed by atoms with Gasteiger partial charge < -0.3 is 64.7 Å². The number of H-pyrrole nitrogens is 1. The molecule has 0 aromatic carbocycles. The molecule has 23 heteroatoms. The lowest BCUT2D eigenvalue weighted by Gasteiger charge is -2.32. The Morgan fingerprint density at radius 2 is 1.84 bits per heavy atom. The van der Waals surface area contributed by atoms with Gasteiger partial charge in [0.1, 0.15) is 36.6 Å². The lowest BCUT2D eigenvalue weighted by Crippen LogP contribution is -2.41. The van der Waals surface area contributed by atoms with Gasteiger partial charge >= 0.3 is 7.60 Å². The third-order valence-electron chi connectivity index (χ3n) is 7.05. The topological polar surface area (TPSA) is 325 Å². The Morgan fingerprint density at radius 1 is 1.14 bits per heavy atom. The van der Waals surface area contributed by atoms with Crippen LogP contribution in [-0.4, -0.2) is 116 Å². The predicted molar refractivity (Wildman–Crippen MR) is 138 cm³/mol. The van der Waals surface area contributed by atoms with Gasteiger partial charge in [0.2, 0.25) is 5.91 Å². The summed E-state index contributed by atoms with van der Waals surface area (Å²) < 4.78 is 46.4. The number of carbonyl (C=O) groups excluding carboxylic acids is 1. The SMILES string of the molecule is NC(=O)C1=CN([C@@H]2O[C@H](COP(=O)(O)C(OP(=O)([O-])O)[C@@H]3O[C@@H](n4cnc5c(=O)[nH]cnc54)[C@H](O)[C@@H]3O)[C@@H](O)[C@H]2O)C=CC1. The standard InChI is InChI=1S/C21H28N6O15P2/c22-16(32)8-2-1-3-26(4-8)19-13(30)11(28)9(40-19)5-39-43(34,35)21(42-44(36,37)38)15-12(29)14(31)20(41-15)27-7-25-10-17(27)23-6-24-18(10)33/h1,3-4,6-7,9,11-15,19-21,28-31H,2,5H2,(H2,22,32)(H,34,35)(H,23,24,33)(H2,36,37,38)/p-1/t9-,11-,12+,13-,14-,15-,19-,20-,21?/m1/s1. The molecule has 5 heterocycles. The van der Waals surface area contributed by atoms with Crippen molar-refractivity contribution in [1.29, 1.82) is 0 Å². The van der Waals surface area contributed by atoms with E-state index < -0.39 is 88.4 Å². The molecule has 0 bridgehead atoms. The minimum absolute atomic E-state index is 0.134. The van der Waals surface area contributed by atoms with E-state index in [9.17, 15) is 53.8 Å². The van der Waals surface area contributed by atoms with Crippen molar-refractivity contribution in [2.75, 3.05) is 6.61 Å². The minimum atomic E-state index is -5.85. The zero-order chi connectivity index (χ0) is 32.1. The number of allylic oxidation sites excluding steroid dienone is 1. The quantitative estimate of drug-likeness (QED) is 0.111. The summed E-state index contributed by atoms with van der Waals surface area (Å²) >= 11 is 0. The van der Waals surface area contributed by atoms with Crippen molar-refractivity contribution in [3.05, 3.63) is 47.1 Å². The first-order chi connectivity index (χ1) is 20.6. The van der Waals surface area contributed by atoms with Crippen LogP contribution in [0.15, 0.2) is 41.5 Å². The summed E-state index contributed by atoms with van der Waals surface area (Å²) in [7, 11) is -11.3. The molecule has 3 unspecified atom stereocenters. The number of nitrogens with zero attached hydrogens (tertiary/aromatic N) is 4. The van der Waals surface area contributed by atoms with Gasteiger partial charge in [0.15, 0.2) is 29.5 Å². The Bertz CT molecular complexity index is 1620. The monoisotopic (exact) mass is 665 g/mol. The Kier molecular flexibility index (Phi) is 8.97. The van der Waals surface area contributed by atoms with E-state index in [1.807, 2.05) is 0 Å². The number of nitrogens with one attached hydrogen (secondary N) is 1. The zero-order valence-corrected chi connectivity index (χ0v) is 23.9. The average molecular weight is 665 g/mol. The average Bonchev–Trinajstić information content (AvgIpc) is 3.60. The molecule has 2 aromatic heterocycles. The Hall–Kier alpha value is -2.88. The van der Waals surface area contributed by atoms with Gasteiger partial charge in [-0.3, -0.25) is 27.8 Å². The number of hydrogen-bond donors (Lipinski definition) is 8. The van der Waals surface area contributed by atoms with Crippen LogP contribution in [0.5, 0.6) is 0 Å². The summed E-state index contributed by atoms with van der Waals surface area (Å²) in [5.41, 5.74) is 4.45. The van der Waals surface area contributed by atoms with Gasteiger partial charge in [-0.25, -0.2) is 9.97 Å². The highest BCUT2D eigenvalue weighted by Gasteiger charge is 2.55. The largest absolute Gasteiger partial charge is 0.756 e. The van der Waals surface area contributed by atoms with Crippen LogP contribution in [0.2, 0.25) is 0 Å². The van der Waals surface area contributed by atoms with Crippen molar-refractivity contribution in [3.8, 4) is 0 Å². The Labute approximate surface area is 245 Å². The second kappa shape index (κ2) is 12.1. The van der Waals surface area contributed by atoms with Crippen LogP contribution in [0.3, 0.4) is 0 Å². The van der Waals surface area contributed by atoms with E-state index in [-0.39, 0.29) is 23.2 Å². The predicted octanol–water partition coefficient (Wildman–Crippen LogP) is -4.22. The van der Waals surface area contributed by atoms with E-state index in [1.165, 1.54) is 23.4 Å². The molecular formula is C21H27N6O15P2-. The summed E-state index contributed by atoms with van der Waals surface area (Å²) in [6.07, 6.45) is -7.65. The summed E-state index contributed by atoms with van der Waals surface area (Å²) in [6.45, 7) is -0.978. The van der Waals surface area contributed by atoms with Crippen LogP contribution >= 0.6 is 15.4 Å². The molecule has 2 saturated heterocycles. The molecule has 2 aromatic rings. The number of ether oxygens (including phenoxy) is 2. The van der Waals surface area contributed by atoms with E-state index in [1.54, 1.807) is 0 Å². The molecule has 0 spiro atoms. The van der Waals surface area contributed by atoms with Crippen LogP contribution in [0.1, 0.15) is 12.6 Å². The van der Waals surface area contributed by atoms with Crippen molar-refractivity contribution in [2.45, 2.75) is 61.3 Å². The number of fused-ring (bicyclic) bond motifs is 1. The third-order valence-corrected chi connectivity index (χ3v) is 9.27. The zero-order valence-electron chi connectivity index (χ0n) is 22.1. The van der Waals surface area contributed by atoms with Crippen LogP contribution in [0, 0.1) is 0 Å². The van der Waals surface area contributed by atoms with Gasteiger partial charge in [-0.05, 0) is 6.42 Å². The van der Waals surface area contributed by atoms with Gasteiger partial charge in [0, 0.05) is 18.0 Å². The van der Waals surface area contributed by atoms with Crippen molar-refractivity contribution in [3.63, 3.8) is 0 Å². The minimum Gasteiger partial charge on any atom is -0.756 e. The summed E-state index contributed by atoms with van der Waals surface area (Å²) in [4.78, 5) is 66.6. The van der Waals surface area contributed by atoms with E-state index in [0.29, 0.717) is 0 Å². The number of aliphatic hydroxyl groups is 4. The maximum atomic E-state index is 13.3. The van der Waals surface area contributed by atoms with Gasteiger partial charge in [-0.1, -0.05) is 6.08 Å². The van der Waals surface area contributed by atoms with Gasteiger partial charge in [0.05, 0.1) is 19.3 Å². The van der Waals surface area contributed by atoms with E-state index in [0.717, 1.165) is 17.2 Å². The number of hydrogen-bond acceptors (Lipinski definition) is 16. The Balaban J connectivity index is 1.35. The molecule has 44 heavy (non-hydrogen) atoms. The fraction of sp³-hybridized carbons (Fsp3) is 0.524. The molecule has 1 amide bonds. The van der Waals surface area contributed by atoms with E-state index in [4.69, 9.17) is 19.7 Å². The fourth-order valence-electron chi connectivity index (χ4n) is 4.91. The molecule has 0 radical (unpaired) electrons. The third kappa shape index (κ3) is 6.28. The van der Waals surface area contributed by atoms with E-state index in [2.05, 4.69) is 19.5 Å². The van der Waals surface area contributed by atoms with Gasteiger partial charge in [-0.2, -0.15) is 0 Å². The molecule has 0 aliphatic carbocycles. The number of nitrogens with two attached hydrogens (primary N) is 1. The van der Waals surface area contributed by atoms with Crippen molar-refractivity contribution in [2.24, 2.45) is 5.73 Å².